The van der Waals surface area contributed by atoms with Gasteiger partial charge in [0.05, 0.1) is 11.6 Å². The molecule has 30 heavy (non-hydrogen) atoms. The monoisotopic (exact) mass is 405 g/mol. The molecule has 1 unspecified atom stereocenters. The Morgan fingerprint density at radius 2 is 1.80 bits per heavy atom. The number of hydrogen-bond donors (Lipinski definition) is 0. The van der Waals surface area contributed by atoms with Gasteiger partial charge in [-0.1, -0.05) is 30.3 Å². The Balaban J connectivity index is 1.91. The molecule has 0 bridgehead atoms. The zero-order valence-corrected chi connectivity index (χ0v) is 17.6. The summed E-state index contributed by atoms with van der Waals surface area (Å²) >= 11 is 0. The standard InChI is InChI=1S/C24H24FN3O2/c1-16-6-5-7-18(15-26)20(16)12-13-21-22(29)28(4)24(2,23(30)27(21)3)14-17-8-10-19(25)11-9-17/h5-11,13H,12,14H2,1-4H3. The molecule has 2 aromatic rings. The summed E-state index contributed by atoms with van der Waals surface area (Å²) in [6.45, 7) is 3.64. The van der Waals surface area contributed by atoms with E-state index in [1.165, 1.54) is 21.9 Å². The van der Waals surface area contributed by atoms with Crippen molar-refractivity contribution >= 4 is 11.8 Å². The summed E-state index contributed by atoms with van der Waals surface area (Å²) in [5.74, 6) is -0.835. The van der Waals surface area contributed by atoms with E-state index in [-0.39, 0.29) is 29.7 Å². The number of carbonyl (C=O) groups excluding carboxylic acids is 2. The van der Waals surface area contributed by atoms with Crippen LogP contribution in [0.2, 0.25) is 0 Å². The largest absolute Gasteiger partial charge is 0.326 e. The molecule has 0 radical (unpaired) electrons. The van der Waals surface area contributed by atoms with E-state index in [4.69, 9.17) is 0 Å². The second kappa shape index (κ2) is 8.11. The summed E-state index contributed by atoms with van der Waals surface area (Å²) in [7, 11) is 3.20. The van der Waals surface area contributed by atoms with Crippen LogP contribution < -0.4 is 0 Å². The predicted octanol–water partition coefficient (Wildman–Crippen LogP) is 3.36. The van der Waals surface area contributed by atoms with E-state index in [1.807, 2.05) is 19.1 Å². The van der Waals surface area contributed by atoms with Gasteiger partial charge in [0.1, 0.15) is 17.1 Å². The molecule has 0 N–H and O–H groups in total. The number of nitrogens with zero attached hydrogens (tertiary/aromatic N) is 3. The van der Waals surface area contributed by atoms with Gasteiger partial charge in [-0.15, -0.1) is 0 Å². The van der Waals surface area contributed by atoms with Crippen molar-refractivity contribution in [3.63, 3.8) is 0 Å². The number of hydrogen-bond acceptors (Lipinski definition) is 3. The van der Waals surface area contributed by atoms with Gasteiger partial charge in [0, 0.05) is 20.5 Å². The Morgan fingerprint density at radius 3 is 2.43 bits per heavy atom. The third kappa shape index (κ3) is 3.71. The van der Waals surface area contributed by atoms with E-state index < -0.39 is 5.54 Å². The second-order valence-corrected chi connectivity index (χ2v) is 7.81. The fourth-order valence-electron chi connectivity index (χ4n) is 3.85. The number of aryl methyl sites for hydroxylation is 1. The maximum atomic E-state index is 13.3. The topological polar surface area (TPSA) is 64.4 Å². The van der Waals surface area contributed by atoms with Gasteiger partial charge < -0.3 is 9.80 Å². The first-order valence-corrected chi connectivity index (χ1v) is 9.68. The number of allylic oxidation sites excluding steroid dienone is 1. The third-order valence-electron chi connectivity index (χ3n) is 5.88. The lowest BCUT2D eigenvalue weighted by Crippen LogP contribution is -2.64. The third-order valence-corrected chi connectivity index (χ3v) is 5.88. The highest BCUT2D eigenvalue weighted by Gasteiger charge is 2.48. The van der Waals surface area contributed by atoms with Crippen LogP contribution >= 0.6 is 0 Å². The average Bonchev–Trinajstić information content (AvgIpc) is 2.73. The van der Waals surface area contributed by atoms with E-state index in [9.17, 15) is 19.2 Å². The molecule has 2 amide bonds. The van der Waals surface area contributed by atoms with E-state index >= 15 is 0 Å². The van der Waals surface area contributed by atoms with Gasteiger partial charge >= 0.3 is 0 Å². The van der Waals surface area contributed by atoms with Crippen molar-refractivity contribution in [2.75, 3.05) is 14.1 Å². The first-order chi connectivity index (χ1) is 14.2. The maximum Gasteiger partial charge on any atom is 0.270 e. The highest BCUT2D eigenvalue weighted by Crippen LogP contribution is 2.31. The normalized spacial score (nSPS) is 20.6. The number of likely N-dealkylation sites (N-methyl/N-ethyl adjacent to an activating group) is 2. The highest BCUT2D eigenvalue weighted by atomic mass is 19.1. The zero-order valence-electron chi connectivity index (χ0n) is 17.6. The molecular formula is C24H24FN3O2. The second-order valence-electron chi connectivity index (χ2n) is 7.81. The Kier molecular flexibility index (Phi) is 5.75. The van der Waals surface area contributed by atoms with Crippen LogP contribution in [0.4, 0.5) is 4.39 Å². The summed E-state index contributed by atoms with van der Waals surface area (Å²) < 4.78 is 13.2. The highest BCUT2D eigenvalue weighted by molar-refractivity contribution is 6.06. The molecule has 0 aromatic heterocycles. The van der Waals surface area contributed by atoms with Crippen LogP contribution in [0.15, 0.2) is 54.2 Å². The molecular weight excluding hydrogens is 381 g/mol. The quantitative estimate of drug-likeness (QED) is 0.733. The molecule has 0 saturated carbocycles. The Hall–Kier alpha value is -3.46. The van der Waals surface area contributed by atoms with Crippen LogP contribution in [0.25, 0.3) is 0 Å². The Morgan fingerprint density at radius 1 is 1.13 bits per heavy atom. The van der Waals surface area contributed by atoms with Crippen molar-refractivity contribution in [3.8, 4) is 6.07 Å². The van der Waals surface area contributed by atoms with Crippen molar-refractivity contribution in [1.82, 2.24) is 9.80 Å². The minimum Gasteiger partial charge on any atom is -0.326 e. The summed E-state index contributed by atoms with van der Waals surface area (Å²) in [5, 5.41) is 9.36. The summed E-state index contributed by atoms with van der Waals surface area (Å²) in [6, 6.07) is 13.6. The molecule has 3 rings (SSSR count). The minimum absolute atomic E-state index is 0.217. The minimum atomic E-state index is -1.08. The van der Waals surface area contributed by atoms with Gasteiger partial charge in [0.15, 0.2) is 0 Å². The van der Waals surface area contributed by atoms with E-state index in [1.54, 1.807) is 45.3 Å². The van der Waals surface area contributed by atoms with Gasteiger partial charge in [-0.3, -0.25) is 9.59 Å². The molecule has 6 heteroatoms. The molecule has 0 aliphatic carbocycles. The lowest BCUT2D eigenvalue weighted by Gasteiger charge is -2.45. The molecule has 1 atom stereocenters. The van der Waals surface area contributed by atoms with Crippen LogP contribution in [-0.2, 0) is 22.4 Å². The molecule has 2 aromatic carbocycles. The molecule has 154 valence electrons. The van der Waals surface area contributed by atoms with Gasteiger partial charge in [-0.25, -0.2) is 4.39 Å². The molecule has 1 saturated heterocycles. The van der Waals surface area contributed by atoms with Crippen molar-refractivity contribution in [1.29, 1.82) is 5.26 Å². The van der Waals surface area contributed by atoms with Crippen LogP contribution in [0, 0.1) is 24.1 Å². The van der Waals surface area contributed by atoms with Crippen molar-refractivity contribution in [3.05, 3.63) is 82.3 Å². The fraction of sp³-hybridized carbons (Fsp3) is 0.292. The van der Waals surface area contributed by atoms with Crippen molar-refractivity contribution < 1.29 is 14.0 Å². The van der Waals surface area contributed by atoms with Crippen molar-refractivity contribution in [2.45, 2.75) is 32.2 Å². The predicted molar refractivity (Wildman–Crippen MR) is 112 cm³/mol. The zero-order chi connectivity index (χ0) is 22.1. The maximum absolute atomic E-state index is 13.3. The number of piperazine rings is 1. The number of benzene rings is 2. The Bertz CT molecular complexity index is 1070. The molecule has 1 fully saturated rings. The SMILES string of the molecule is Cc1cccc(C#N)c1CC=C1C(=O)N(C)C(C)(Cc2ccc(F)cc2)C(=O)N1C. The first-order valence-electron chi connectivity index (χ1n) is 9.68. The molecule has 1 aliphatic rings. The first kappa shape index (κ1) is 21.3. The van der Waals surface area contributed by atoms with Crippen LogP contribution in [0.3, 0.4) is 0 Å². The van der Waals surface area contributed by atoms with E-state index in [2.05, 4.69) is 6.07 Å². The molecule has 0 spiro atoms. The van der Waals surface area contributed by atoms with Crippen LogP contribution in [0.5, 0.6) is 0 Å². The van der Waals surface area contributed by atoms with Crippen LogP contribution in [-0.4, -0.2) is 41.2 Å². The lowest BCUT2D eigenvalue weighted by atomic mass is 9.87. The molecule has 1 aliphatic heterocycles. The van der Waals surface area contributed by atoms with Gasteiger partial charge in [-0.2, -0.15) is 5.26 Å². The van der Waals surface area contributed by atoms with Gasteiger partial charge in [0.2, 0.25) is 0 Å². The molecule has 5 nitrogen and oxygen atoms in total. The van der Waals surface area contributed by atoms with Crippen molar-refractivity contribution in [2.24, 2.45) is 0 Å². The summed E-state index contributed by atoms with van der Waals surface area (Å²) in [4.78, 5) is 29.2. The van der Waals surface area contributed by atoms with E-state index in [0.717, 1.165) is 16.7 Å². The number of halogens is 1. The van der Waals surface area contributed by atoms with Crippen LogP contribution in [0.1, 0.15) is 29.2 Å². The van der Waals surface area contributed by atoms with Gasteiger partial charge in [0.25, 0.3) is 11.8 Å². The average molecular weight is 405 g/mol. The number of amides is 2. The Labute approximate surface area is 176 Å². The fourth-order valence-corrected chi connectivity index (χ4v) is 3.85. The molecule has 1 heterocycles. The summed E-state index contributed by atoms with van der Waals surface area (Å²) in [5.41, 5.74) is 2.32. The van der Waals surface area contributed by atoms with Gasteiger partial charge in [-0.05, 0) is 55.2 Å². The summed E-state index contributed by atoms with van der Waals surface area (Å²) in [6.07, 6.45) is 2.36. The number of nitriles is 1. The lowest BCUT2D eigenvalue weighted by molar-refractivity contribution is -0.155. The number of carbonyl (C=O) groups is 2. The van der Waals surface area contributed by atoms with E-state index in [0.29, 0.717) is 12.0 Å². The number of rotatable bonds is 4. The smallest absolute Gasteiger partial charge is 0.270 e.